The molecule has 3 aromatic rings. The van der Waals surface area contributed by atoms with Gasteiger partial charge in [-0.2, -0.15) is 8.42 Å². The van der Waals surface area contributed by atoms with E-state index in [1.165, 1.54) is 12.1 Å². The first kappa shape index (κ1) is 26.6. The molecule has 178 valence electrons. The lowest BCUT2D eigenvalue weighted by Gasteiger charge is -2.13. The molecule has 0 bridgehead atoms. The number of carbonyl (C=O) groups excluding carboxylic acids is 2. The predicted octanol–water partition coefficient (Wildman–Crippen LogP) is 6.09. The van der Waals surface area contributed by atoms with E-state index in [2.05, 4.69) is 36.4 Å². The highest BCUT2D eigenvalue weighted by molar-refractivity contribution is 14.1. The summed E-state index contributed by atoms with van der Waals surface area (Å²) in [5.41, 5.74) is 1.26. The summed E-state index contributed by atoms with van der Waals surface area (Å²) in [6.45, 7) is 4.22. The summed E-state index contributed by atoms with van der Waals surface area (Å²) in [4.78, 5) is 25.3. The molecule has 0 heterocycles. The van der Waals surface area contributed by atoms with Gasteiger partial charge in [-0.25, -0.2) is 9.59 Å². The third-order valence-corrected chi connectivity index (χ3v) is 7.37. The maximum absolute atomic E-state index is 13.0. The zero-order valence-corrected chi connectivity index (χ0v) is 23.3. The van der Waals surface area contributed by atoms with Gasteiger partial charge in [0.15, 0.2) is 5.75 Å². The molecule has 0 aliphatic rings. The lowest BCUT2D eigenvalue weighted by atomic mass is 9.99. The fourth-order valence-electron chi connectivity index (χ4n) is 2.99. The zero-order valence-electron chi connectivity index (χ0n) is 18.1. The Hall–Kier alpha value is -2.03. The number of benzene rings is 3. The summed E-state index contributed by atoms with van der Waals surface area (Å²) in [6, 6.07) is 15.2. The second-order valence-corrected chi connectivity index (χ2v) is 11.3. The highest BCUT2D eigenvalue weighted by Gasteiger charge is 2.23. The predicted molar refractivity (Wildman–Crippen MR) is 143 cm³/mol. The Morgan fingerprint density at radius 3 is 2.12 bits per heavy atom. The van der Waals surface area contributed by atoms with Crippen molar-refractivity contribution in [1.29, 1.82) is 0 Å². The van der Waals surface area contributed by atoms with E-state index in [-0.39, 0.29) is 21.8 Å². The van der Waals surface area contributed by atoms with Crippen molar-refractivity contribution in [2.45, 2.75) is 31.1 Å². The van der Waals surface area contributed by atoms with Crippen LogP contribution >= 0.6 is 45.2 Å². The van der Waals surface area contributed by atoms with E-state index in [0.29, 0.717) is 15.2 Å². The van der Waals surface area contributed by atoms with Crippen molar-refractivity contribution in [2.24, 2.45) is 0 Å². The van der Waals surface area contributed by atoms with Crippen molar-refractivity contribution < 1.29 is 32.0 Å². The van der Waals surface area contributed by atoms with Crippen LogP contribution in [0.5, 0.6) is 11.5 Å². The van der Waals surface area contributed by atoms with Crippen molar-refractivity contribution in [3.63, 3.8) is 0 Å². The van der Waals surface area contributed by atoms with Gasteiger partial charge in [0.25, 0.3) is 10.1 Å². The highest BCUT2D eigenvalue weighted by Crippen LogP contribution is 2.31. The molecule has 0 aliphatic heterocycles. The molecule has 0 aromatic heterocycles. The summed E-state index contributed by atoms with van der Waals surface area (Å²) in [6.07, 6.45) is 0.993. The van der Waals surface area contributed by atoms with E-state index >= 15 is 0 Å². The van der Waals surface area contributed by atoms with Crippen LogP contribution in [0.3, 0.4) is 0 Å². The topological polar surface area (TPSA) is 107 Å². The molecule has 0 amide bonds. The number of rotatable bonds is 7. The second kappa shape index (κ2) is 11.1. The van der Waals surface area contributed by atoms with Gasteiger partial charge < -0.3 is 9.47 Å². The fourth-order valence-corrected chi connectivity index (χ4v) is 5.43. The maximum Gasteiger partial charge on any atom is 0.347 e. The van der Waals surface area contributed by atoms with Crippen LogP contribution in [0.2, 0.25) is 0 Å². The molecule has 10 heteroatoms. The van der Waals surface area contributed by atoms with Gasteiger partial charge >= 0.3 is 11.9 Å². The number of ether oxygens (including phenoxy) is 2. The molecule has 3 aromatic carbocycles. The van der Waals surface area contributed by atoms with Gasteiger partial charge in [0, 0.05) is 3.57 Å². The van der Waals surface area contributed by atoms with Crippen LogP contribution in [0.25, 0.3) is 0 Å². The van der Waals surface area contributed by atoms with E-state index in [9.17, 15) is 18.0 Å². The van der Waals surface area contributed by atoms with E-state index in [1.54, 1.807) is 24.3 Å². The largest absolute Gasteiger partial charge is 0.423 e. The fraction of sp³-hybridized carbons (Fsp3) is 0.167. The Labute approximate surface area is 224 Å². The van der Waals surface area contributed by atoms with Crippen molar-refractivity contribution in [1.82, 2.24) is 0 Å². The molecular weight excluding hydrogens is 686 g/mol. The van der Waals surface area contributed by atoms with Crippen LogP contribution < -0.4 is 9.47 Å². The third kappa shape index (κ3) is 6.55. The van der Waals surface area contributed by atoms with Crippen LogP contribution in [-0.4, -0.2) is 24.9 Å². The molecule has 34 heavy (non-hydrogen) atoms. The van der Waals surface area contributed by atoms with Gasteiger partial charge in [0.2, 0.25) is 0 Å². The number of hydrogen-bond acceptors (Lipinski definition) is 6. The van der Waals surface area contributed by atoms with Crippen molar-refractivity contribution in [3.8, 4) is 11.5 Å². The maximum atomic E-state index is 13.0. The first-order valence-corrected chi connectivity index (χ1v) is 13.7. The van der Waals surface area contributed by atoms with Gasteiger partial charge in [-0.15, -0.1) is 0 Å². The molecule has 3 rings (SSSR count). The minimum absolute atomic E-state index is 0.0334. The molecular formula is C24H20I2O7S. The monoisotopic (exact) mass is 706 g/mol. The quantitative estimate of drug-likeness (QED) is 0.137. The van der Waals surface area contributed by atoms with Gasteiger partial charge in [-0.3, -0.25) is 4.55 Å². The Morgan fingerprint density at radius 1 is 0.941 bits per heavy atom. The van der Waals surface area contributed by atoms with Gasteiger partial charge in [-0.05, 0) is 112 Å². The third-order valence-electron chi connectivity index (χ3n) is 5.08. The molecule has 0 saturated heterocycles. The van der Waals surface area contributed by atoms with Crippen LogP contribution in [0.15, 0.2) is 65.6 Å². The standard InChI is InChI=1S/C24H20I2O7S/c1-3-14(2)15-4-8-18(9-5-15)32-24(28)20-12-17(25)13-21(26)22(20)33-23(27)16-6-10-19(11-7-16)34(29,30)31/h4-14H,3H2,1-2H3,(H,29,30,31). The van der Waals surface area contributed by atoms with E-state index in [0.717, 1.165) is 27.7 Å². The van der Waals surface area contributed by atoms with Crippen LogP contribution in [0, 0.1) is 7.14 Å². The second-order valence-electron chi connectivity index (χ2n) is 7.42. The molecule has 1 atom stereocenters. The molecule has 0 fully saturated rings. The van der Waals surface area contributed by atoms with Crippen molar-refractivity contribution >= 4 is 67.2 Å². The number of halogens is 2. The summed E-state index contributed by atoms with van der Waals surface area (Å²) in [7, 11) is -4.39. The molecule has 7 nitrogen and oxygen atoms in total. The minimum Gasteiger partial charge on any atom is -0.423 e. The molecule has 0 aliphatic carbocycles. The van der Waals surface area contributed by atoms with Crippen LogP contribution in [0.1, 0.15) is 52.5 Å². The van der Waals surface area contributed by atoms with E-state index < -0.39 is 22.1 Å². The van der Waals surface area contributed by atoms with Crippen LogP contribution in [-0.2, 0) is 10.1 Å². The smallest absolute Gasteiger partial charge is 0.347 e. The lowest BCUT2D eigenvalue weighted by Crippen LogP contribution is -2.16. The van der Waals surface area contributed by atoms with Gasteiger partial charge in [0.05, 0.1) is 14.0 Å². The molecule has 0 radical (unpaired) electrons. The minimum atomic E-state index is -4.39. The van der Waals surface area contributed by atoms with Gasteiger partial charge in [0.1, 0.15) is 11.3 Å². The zero-order chi connectivity index (χ0) is 25.0. The first-order chi connectivity index (χ1) is 16.0. The number of hydrogen-bond donors (Lipinski definition) is 1. The molecule has 1 unspecified atom stereocenters. The molecule has 0 saturated carbocycles. The average Bonchev–Trinajstić information content (AvgIpc) is 2.80. The Morgan fingerprint density at radius 2 is 1.56 bits per heavy atom. The average molecular weight is 706 g/mol. The molecule has 1 N–H and O–H groups in total. The van der Waals surface area contributed by atoms with E-state index in [4.69, 9.17) is 14.0 Å². The first-order valence-electron chi connectivity index (χ1n) is 10.1. The summed E-state index contributed by atoms with van der Waals surface area (Å²) < 4.78 is 43.8. The SMILES string of the molecule is CCC(C)c1ccc(OC(=O)c2cc(I)cc(I)c2OC(=O)c2ccc(S(=O)(=O)O)cc2)cc1. The Kier molecular flexibility index (Phi) is 8.71. The summed E-state index contributed by atoms with van der Waals surface area (Å²) in [5, 5.41) is 0. The Balaban J connectivity index is 1.85. The summed E-state index contributed by atoms with van der Waals surface area (Å²) in [5.74, 6) is -0.695. The normalized spacial score (nSPS) is 12.1. The van der Waals surface area contributed by atoms with Gasteiger partial charge in [-0.1, -0.05) is 26.0 Å². The number of carbonyl (C=O) groups is 2. The van der Waals surface area contributed by atoms with Crippen LogP contribution in [0.4, 0.5) is 0 Å². The highest BCUT2D eigenvalue weighted by atomic mass is 127. The lowest BCUT2D eigenvalue weighted by molar-refractivity contribution is 0.0705. The number of esters is 2. The summed E-state index contributed by atoms with van der Waals surface area (Å²) >= 11 is 4.01. The van der Waals surface area contributed by atoms with Crippen molar-refractivity contribution in [3.05, 3.63) is 84.5 Å². The van der Waals surface area contributed by atoms with E-state index in [1.807, 2.05) is 34.7 Å². The Bertz CT molecular complexity index is 1320. The molecule has 0 spiro atoms. The van der Waals surface area contributed by atoms with Crippen molar-refractivity contribution in [2.75, 3.05) is 0 Å².